The predicted molar refractivity (Wildman–Crippen MR) is 116 cm³/mol. The highest BCUT2D eigenvalue weighted by molar-refractivity contribution is 6.31. The van der Waals surface area contributed by atoms with Crippen LogP contribution in [0.4, 0.5) is 16.6 Å². The summed E-state index contributed by atoms with van der Waals surface area (Å²) in [4.78, 5) is 24.0. The summed E-state index contributed by atoms with van der Waals surface area (Å²) in [7, 11) is 3.91. The number of rotatable bonds is 7. The first-order valence-electron chi connectivity index (χ1n) is 9.90. The van der Waals surface area contributed by atoms with E-state index in [1.54, 1.807) is 12.3 Å². The molecule has 1 aliphatic carbocycles. The number of carboxylic acid groups (broad SMARTS) is 1. The van der Waals surface area contributed by atoms with Crippen molar-refractivity contribution in [2.24, 2.45) is 5.92 Å². The Hall–Kier alpha value is -2.54. The van der Waals surface area contributed by atoms with Crippen molar-refractivity contribution in [3.63, 3.8) is 0 Å². The van der Waals surface area contributed by atoms with E-state index in [0.717, 1.165) is 37.1 Å². The molecule has 1 aliphatic rings. The standard InChI is InChI=1S/C21H28ClN5O2/c1-26(2)19-11-12-23-20(25-19)24-17-9-7-15(8-10-17)13-27(21(28)29)14-16-5-3-4-6-18(16)22/h3-6,11-12,15,17H,7-10,13-14H2,1-2H3,(H,28,29)(H,23,24,25). The smallest absolute Gasteiger partial charge is 0.407 e. The Balaban J connectivity index is 1.52. The first kappa shape index (κ1) is 21.2. The van der Waals surface area contributed by atoms with Gasteiger partial charge in [-0.2, -0.15) is 4.98 Å². The van der Waals surface area contributed by atoms with E-state index in [4.69, 9.17) is 11.6 Å². The molecule has 0 atom stereocenters. The first-order valence-corrected chi connectivity index (χ1v) is 10.3. The van der Waals surface area contributed by atoms with Crippen LogP contribution in [-0.4, -0.2) is 52.7 Å². The fraction of sp³-hybridized carbons (Fsp3) is 0.476. The summed E-state index contributed by atoms with van der Waals surface area (Å²) in [6, 6.07) is 9.59. The summed E-state index contributed by atoms with van der Waals surface area (Å²) in [6.45, 7) is 0.845. The molecule has 0 bridgehead atoms. The largest absolute Gasteiger partial charge is 0.465 e. The third kappa shape index (κ3) is 5.97. The maximum atomic E-state index is 11.7. The SMILES string of the molecule is CN(C)c1ccnc(NC2CCC(CN(Cc3ccccc3Cl)C(=O)O)CC2)n1. The van der Waals surface area contributed by atoms with Gasteiger partial charge in [-0.25, -0.2) is 9.78 Å². The van der Waals surface area contributed by atoms with Crippen molar-refractivity contribution in [2.75, 3.05) is 30.9 Å². The zero-order valence-corrected chi connectivity index (χ0v) is 17.6. The molecule has 1 aromatic heterocycles. The highest BCUT2D eigenvalue weighted by Crippen LogP contribution is 2.28. The van der Waals surface area contributed by atoms with Gasteiger partial charge in [-0.05, 0) is 49.3 Å². The van der Waals surface area contributed by atoms with Gasteiger partial charge in [0.2, 0.25) is 5.95 Å². The molecule has 1 aromatic carbocycles. The van der Waals surface area contributed by atoms with Crippen LogP contribution in [0.1, 0.15) is 31.2 Å². The van der Waals surface area contributed by atoms with Crippen LogP contribution in [-0.2, 0) is 6.54 Å². The monoisotopic (exact) mass is 417 g/mol. The van der Waals surface area contributed by atoms with E-state index in [1.165, 1.54) is 4.90 Å². The molecule has 0 unspecified atom stereocenters. The third-order valence-corrected chi connectivity index (χ3v) is 5.72. The van der Waals surface area contributed by atoms with Crippen LogP contribution in [0, 0.1) is 5.92 Å². The molecular weight excluding hydrogens is 390 g/mol. The minimum absolute atomic E-state index is 0.311. The number of amides is 1. The molecular formula is C21H28ClN5O2. The second kappa shape index (κ2) is 9.78. The van der Waals surface area contributed by atoms with Crippen molar-refractivity contribution in [3.05, 3.63) is 47.1 Å². The van der Waals surface area contributed by atoms with Gasteiger partial charge in [0.15, 0.2) is 0 Å². The van der Waals surface area contributed by atoms with E-state index in [9.17, 15) is 9.90 Å². The Kier molecular flexibility index (Phi) is 7.14. The van der Waals surface area contributed by atoms with Crippen molar-refractivity contribution in [2.45, 2.75) is 38.3 Å². The number of benzene rings is 1. The highest BCUT2D eigenvalue weighted by Gasteiger charge is 2.25. The average Bonchev–Trinajstić information content (AvgIpc) is 2.70. The quantitative estimate of drug-likeness (QED) is 0.697. The molecule has 2 N–H and O–H groups in total. The second-order valence-corrected chi connectivity index (χ2v) is 8.16. The van der Waals surface area contributed by atoms with Crippen LogP contribution in [0.3, 0.4) is 0 Å². The van der Waals surface area contributed by atoms with Gasteiger partial charge in [0.1, 0.15) is 5.82 Å². The van der Waals surface area contributed by atoms with E-state index in [0.29, 0.717) is 36.0 Å². The van der Waals surface area contributed by atoms with Gasteiger partial charge in [-0.3, -0.25) is 0 Å². The van der Waals surface area contributed by atoms with Crippen molar-refractivity contribution in [1.82, 2.24) is 14.9 Å². The molecule has 3 rings (SSSR count). The molecule has 1 heterocycles. The molecule has 7 nitrogen and oxygen atoms in total. The summed E-state index contributed by atoms with van der Waals surface area (Å²) < 4.78 is 0. The normalized spacial score (nSPS) is 18.9. The van der Waals surface area contributed by atoms with E-state index < -0.39 is 6.09 Å². The van der Waals surface area contributed by atoms with Gasteiger partial charge in [-0.1, -0.05) is 29.8 Å². The number of nitrogens with zero attached hydrogens (tertiary/aromatic N) is 4. The van der Waals surface area contributed by atoms with Gasteiger partial charge < -0.3 is 20.2 Å². The lowest BCUT2D eigenvalue weighted by molar-refractivity contribution is 0.127. The van der Waals surface area contributed by atoms with Gasteiger partial charge in [0, 0.05) is 37.9 Å². The number of anilines is 2. The predicted octanol–water partition coefficient (Wildman–Crippen LogP) is 4.35. The molecule has 156 valence electrons. The van der Waals surface area contributed by atoms with E-state index >= 15 is 0 Å². The number of aromatic nitrogens is 2. The van der Waals surface area contributed by atoms with Crippen molar-refractivity contribution >= 4 is 29.5 Å². The van der Waals surface area contributed by atoms with Gasteiger partial charge in [0.25, 0.3) is 0 Å². The maximum absolute atomic E-state index is 11.7. The number of hydrogen-bond acceptors (Lipinski definition) is 5. The van der Waals surface area contributed by atoms with Crippen LogP contribution in [0.25, 0.3) is 0 Å². The Morgan fingerprint density at radius 3 is 2.59 bits per heavy atom. The molecule has 8 heteroatoms. The van der Waals surface area contributed by atoms with Crippen LogP contribution in [0.5, 0.6) is 0 Å². The van der Waals surface area contributed by atoms with Crippen molar-refractivity contribution < 1.29 is 9.90 Å². The fourth-order valence-electron chi connectivity index (χ4n) is 3.69. The molecule has 0 saturated heterocycles. The molecule has 2 aromatic rings. The van der Waals surface area contributed by atoms with Crippen molar-refractivity contribution in [3.8, 4) is 0 Å². The molecule has 1 saturated carbocycles. The Morgan fingerprint density at radius 2 is 1.93 bits per heavy atom. The molecule has 0 radical (unpaired) electrons. The Labute approximate surface area is 176 Å². The van der Waals surface area contributed by atoms with Crippen LogP contribution in [0.2, 0.25) is 5.02 Å². The second-order valence-electron chi connectivity index (χ2n) is 7.75. The maximum Gasteiger partial charge on any atom is 0.407 e. The molecule has 29 heavy (non-hydrogen) atoms. The minimum atomic E-state index is -0.904. The fourth-order valence-corrected chi connectivity index (χ4v) is 3.89. The molecule has 1 fully saturated rings. The first-order chi connectivity index (χ1) is 13.9. The minimum Gasteiger partial charge on any atom is -0.465 e. The average molecular weight is 418 g/mol. The van der Waals surface area contributed by atoms with Gasteiger partial charge in [0.05, 0.1) is 6.54 Å². The number of nitrogens with one attached hydrogen (secondary N) is 1. The van der Waals surface area contributed by atoms with Crippen molar-refractivity contribution in [1.29, 1.82) is 0 Å². The number of carbonyl (C=O) groups is 1. The molecule has 0 aliphatic heterocycles. The zero-order chi connectivity index (χ0) is 20.8. The van der Waals surface area contributed by atoms with Gasteiger partial charge in [-0.15, -0.1) is 0 Å². The van der Waals surface area contributed by atoms with E-state index in [-0.39, 0.29) is 0 Å². The van der Waals surface area contributed by atoms with Gasteiger partial charge >= 0.3 is 6.09 Å². The van der Waals surface area contributed by atoms with E-state index in [1.807, 2.05) is 43.3 Å². The third-order valence-electron chi connectivity index (χ3n) is 5.35. The summed E-state index contributed by atoms with van der Waals surface area (Å²) in [5.41, 5.74) is 0.838. The number of hydrogen-bond donors (Lipinski definition) is 2. The topological polar surface area (TPSA) is 81.6 Å². The molecule has 0 spiro atoms. The Bertz CT molecular complexity index is 824. The summed E-state index contributed by atoms with van der Waals surface area (Å²) >= 11 is 6.20. The van der Waals surface area contributed by atoms with Crippen LogP contribution < -0.4 is 10.2 Å². The lowest BCUT2D eigenvalue weighted by Crippen LogP contribution is -2.37. The lowest BCUT2D eigenvalue weighted by atomic mass is 9.85. The van der Waals surface area contributed by atoms with E-state index in [2.05, 4.69) is 15.3 Å². The summed E-state index contributed by atoms with van der Waals surface area (Å²) in [6.07, 6.45) is 4.74. The molecule has 1 amide bonds. The highest BCUT2D eigenvalue weighted by atomic mass is 35.5. The summed E-state index contributed by atoms with van der Waals surface area (Å²) in [5, 5.41) is 13.7. The van der Waals surface area contributed by atoms with Crippen LogP contribution >= 0.6 is 11.6 Å². The summed E-state index contributed by atoms with van der Waals surface area (Å²) in [5.74, 6) is 1.86. The Morgan fingerprint density at radius 1 is 1.21 bits per heavy atom. The zero-order valence-electron chi connectivity index (χ0n) is 16.9. The van der Waals surface area contributed by atoms with Crippen LogP contribution in [0.15, 0.2) is 36.5 Å². The number of halogens is 1. The lowest BCUT2D eigenvalue weighted by Gasteiger charge is -2.32.